The summed E-state index contributed by atoms with van der Waals surface area (Å²) in [6.45, 7) is 8.76. The summed E-state index contributed by atoms with van der Waals surface area (Å²) in [4.78, 5) is 14.3. The Morgan fingerprint density at radius 2 is 1.87 bits per heavy atom. The Balaban J connectivity index is 4.69. The number of thiocarbonyl (C=S) groups is 1. The second-order valence-corrected chi connectivity index (χ2v) is 4.22. The van der Waals surface area contributed by atoms with Gasteiger partial charge in [-0.15, -0.1) is 0 Å². The zero-order valence-electron chi connectivity index (χ0n) is 10.1. The molecule has 2 atom stereocenters. The molecule has 0 aromatic rings. The van der Waals surface area contributed by atoms with Gasteiger partial charge in [0.25, 0.3) is 0 Å². The van der Waals surface area contributed by atoms with Gasteiger partial charge in [0, 0.05) is 12.6 Å². The van der Waals surface area contributed by atoms with Gasteiger partial charge in [-0.1, -0.05) is 26.1 Å². The lowest BCUT2D eigenvalue weighted by Gasteiger charge is -2.30. The molecule has 0 aromatic heterocycles. The summed E-state index contributed by atoms with van der Waals surface area (Å²) < 4.78 is 0. The normalized spacial score (nSPS) is 14.4. The highest BCUT2D eigenvalue weighted by Crippen LogP contribution is 2.12. The molecule has 0 aliphatic heterocycles. The molecule has 2 unspecified atom stereocenters. The van der Waals surface area contributed by atoms with E-state index in [1.165, 1.54) is 0 Å². The van der Waals surface area contributed by atoms with Crippen LogP contribution in [0, 0.1) is 5.92 Å². The minimum Gasteiger partial charge on any atom is -0.393 e. The Hall–Kier alpha value is -0.640. The molecule has 15 heavy (non-hydrogen) atoms. The Labute approximate surface area is 98.0 Å². The van der Waals surface area contributed by atoms with Crippen LogP contribution in [0.25, 0.3) is 0 Å². The smallest absolute Gasteiger partial charge is 0.232 e. The summed E-state index contributed by atoms with van der Waals surface area (Å²) in [5.74, 6) is -0.226. The summed E-state index contributed by atoms with van der Waals surface area (Å²) in [6.07, 6.45) is 1.63. The van der Waals surface area contributed by atoms with E-state index in [4.69, 9.17) is 18.0 Å². The van der Waals surface area contributed by atoms with E-state index in [1.54, 1.807) is 0 Å². The molecular formula is C11H22N2OS. The van der Waals surface area contributed by atoms with Gasteiger partial charge in [0.1, 0.15) is 0 Å². The van der Waals surface area contributed by atoms with E-state index < -0.39 is 0 Å². The molecule has 4 heteroatoms. The lowest BCUT2D eigenvalue weighted by atomic mass is 10.0. The van der Waals surface area contributed by atoms with Crippen molar-refractivity contribution in [1.82, 2.24) is 4.90 Å². The van der Waals surface area contributed by atoms with Crippen molar-refractivity contribution in [3.63, 3.8) is 0 Å². The molecule has 2 N–H and O–H groups in total. The third-order valence-electron chi connectivity index (χ3n) is 2.80. The number of hydrogen-bond acceptors (Lipinski definition) is 2. The molecular weight excluding hydrogens is 208 g/mol. The van der Waals surface area contributed by atoms with Crippen molar-refractivity contribution in [2.45, 2.75) is 46.6 Å². The van der Waals surface area contributed by atoms with Gasteiger partial charge in [-0.3, -0.25) is 4.79 Å². The van der Waals surface area contributed by atoms with Crippen molar-refractivity contribution >= 4 is 23.1 Å². The third kappa shape index (κ3) is 3.78. The van der Waals surface area contributed by atoms with Gasteiger partial charge < -0.3 is 10.6 Å². The summed E-state index contributed by atoms with van der Waals surface area (Å²) in [6, 6.07) is 0.255. The molecule has 0 aliphatic rings. The SMILES string of the molecule is CCC(C(=O)N(CC)C(C)CC)C(N)=S. The molecule has 0 aliphatic carbocycles. The molecule has 1 amide bonds. The monoisotopic (exact) mass is 230 g/mol. The van der Waals surface area contributed by atoms with Gasteiger partial charge in [-0.25, -0.2) is 0 Å². The molecule has 0 radical (unpaired) electrons. The zero-order valence-corrected chi connectivity index (χ0v) is 10.9. The fourth-order valence-electron chi connectivity index (χ4n) is 1.60. The molecule has 0 saturated carbocycles. The largest absolute Gasteiger partial charge is 0.393 e. The molecule has 0 fully saturated rings. The van der Waals surface area contributed by atoms with Crippen molar-refractivity contribution in [1.29, 1.82) is 0 Å². The lowest BCUT2D eigenvalue weighted by Crippen LogP contribution is -2.45. The van der Waals surface area contributed by atoms with Crippen LogP contribution in [0.1, 0.15) is 40.5 Å². The highest BCUT2D eigenvalue weighted by Gasteiger charge is 2.26. The predicted octanol–water partition coefficient (Wildman–Crippen LogP) is 1.95. The van der Waals surface area contributed by atoms with Crippen LogP contribution < -0.4 is 5.73 Å². The summed E-state index contributed by atoms with van der Waals surface area (Å²) in [7, 11) is 0. The second-order valence-electron chi connectivity index (χ2n) is 3.74. The number of nitrogens with zero attached hydrogens (tertiary/aromatic N) is 1. The molecule has 88 valence electrons. The van der Waals surface area contributed by atoms with Crippen LogP contribution in [0.4, 0.5) is 0 Å². The summed E-state index contributed by atoms with van der Waals surface area (Å²) in [5.41, 5.74) is 5.57. The maximum Gasteiger partial charge on any atom is 0.232 e. The van der Waals surface area contributed by atoms with Crippen molar-refractivity contribution < 1.29 is 4.79 Å². The van der Waals surface area contributed by atoms with Gasteiger partial charge >= 0.3 is 0 Å². The van der Waals surface area contributed by atoms with E-state index in [-0.39, 0.29) is 17.9 Å². The third-order valence-corrected chi connectivity index (χ3v) is 3.08. The Morgan fingerprint density at radius 1 is 1.33 bits per heavy atom. The van der Waals surface area contributed by atoms with Gasteiger partial charge in [0.15, 0.2) is 0 Å². The minimum atomic E-state index is -0.297. The average molecular weight is 230 g/mol. The van der Waals surface area contributed by atoms with Crippen LogP contribution in [-0.4, -0.2) is 28.4 Å². The van der Waals surface area contributed by atoms with Crippen LogP contribution in [-0.2, 0) is 4.79 Å². The van der Waals surface area contributed by atoms with E-state index in [1.807, 2.05) is 25.7 Å². The quantitative estimate of drug-likeness (QED) is 0.709. The molecule has 0 heterocycles. The topological polar surface area (TPSA) is 46.3 Å². The first-order chi connectivity index (χ1) is 6.99. The number of amides is 1. The average Bonchev–Trinajstić information content (AvgIpc) is 2.19. The lowest BCUT2D eigenvalue weighted by molar-refractivity contribution is -0.135. The fourth-order valence-corrected chi connectivity index (χ4v) is 1.87. The first-order valence-corrected chi connectivity index (χ1v) is 6.00. The second kappa shape index (κ2) is 6.77. The standard InChI is InChI=1S/C11H22N2OS/c1-5-8(4)13(7-3)11(14)9(6-2)10(12)15/h8-9H,5-7H2,1-4H3,(H2,12,15). The molecule has 0 bridgehead atoms. The highest BCUT2D eigenvalue weighted by atomic mass is 32.1. The molecule has 3 nitrogen and oxygen atoms in total. The van der Waals surface area contributed by atoms with Crippen LogP contribution in [0.5, 0.6) is 0 Å². The van der Waals surface area contributed by atoms with Crippen LogP contribution in [0.2, 0.25) is 0 Å². The number of carbonyl (C=O) groups excluding carboxylic acids is 1. The zero-order chi connectivity index (χ0) is 12.0. The van der Waals surface area contributed by atoms with Gasteiger partial charge in [-0.2, -0.15) is 0 Å². The van der Waals surface area contributed by atoms with Crippen molar-refractivity contribution in [2.75, 3.05) is 6.54 Å². The van der Waals surface area contributed by atoms with Gasteiger partial charge in [0.05, 0.1) is 10.9 Å². The number of rotatable bonds is 6. The first kappa shape index (κ1) is 14.4. The van der Waals surface area contributed by atoms with Gasteiger partial charge in [-0.05, 0) is 26.7 Å². The van der Waals surface area contributed by atoms with E-state index in [2.05, 4.69) is 6.92 Å². The fraction of sp³-hybridized carbons (Fsp3) is 0.818. The van der Waals surface area contributed by atoms with E-state index in [0.717, 1.165) is 6.42 Å². The van der Waals surface area contributed by atoms with Crippen molar-refractivity contribution in [3.8, 4) is 0 Å². The minimum absolute atomic E-state index is 0.0712. The highest BCUT2D eigenvalue weighted by molar-refractivity contribution is 7.80. The maximum absolute atomic E-state index is 12.1. The molecule has 0 saturated heterocycles. The predicted molar refractivity (Wildman–Crippen MR) is 67.7 cm³/mol. The van der Waals surface area contributed by atoms with Crippen LogP contribution in [0.15, 0.2) is 0 Å². The first-order valence-electron chi connectivity index (χ1n) is 5.59. The van der Waals surface area contributed by atoms with E-state index in [0.29, 0.717) is 18.0 Å². The van der Waals surface area contributed by atoms with E-state index in [9.17, 15) is 4.79 Å². The number of carbonyl (C=O) groups is 1. The molecule has 0 aromatic carbocycles. The van der Waals surface area contributed by atoms with Crippen molar-refractivity contribution in [2.24, 2.45) is 11.7 Å². The van der Waals surface area contributed by atoms with Crippen molar-refractivity contribution in [3.05, 3.63) is 0 Å². The summed E-state index contributed by atoms with van der Waals surface area (Å²) in [5, 5.41) is 0. The molecule has 0 rings (SSSR count). The molecule has 0 spiro atoms. The van der Waals surface area contributed by atoms with Crippen LogP contribution in [0.3, 0.4) is 0 Å². The number of nitrogens with two attached hydrogens (primary N) is 1. The summed E-state index contributed by atoms with van der Waals surface area (Å²) >= 11 is 4.91. The maximum atomic E-state index is 12.1. The van der Waals surface area contributed by atoms with Crippen LogP contribution >= 0.6 is 12.2 Å². The Bertz CT molecular complexity index is 231. The van der Waals surface area contributed by atoms with Gasteiger partial charge in [0.2, 0.25) is 5.91 Å². The number of hydrogen-bond donors (Lipinski definition) is 1. The Kier molecular flexibility index (Phi) is 6.48. The Morgan fingerprint density at radius 3 is 2.13 bits per heavy atom. The van der Waals surface area contributed by atoms with E-state index >= 15 is 0 Å².